The fraction of sp³-hybridized carbons (Fsp3) is 0.364. The van der Waals surface area contributed by atoms with Crippen molar-refractivity contribution in [3.63, 3.8) is 0 Å². The van der Waals surface area contributed by atoms with Crippen LogP contribution >= 0.6 is 0 Å². The lowest BCUT2D eigenvalue weighted by atomic mass is 10.0. The van der Waals surface area contributed by atoms with Crippen LogP contribution in [0, 0.1) is 0 Å². The number of halogens is 3. The van der Waals surface area contributed by atoms with Crippen molar-refractivity contribution < 1.29 is 22.8 Å². The van der Waals surface area contributed by atoms with Gasteiger partial charge in [0.25, 0.3) is 0 Å². The Hall–Kier alpha value is -3.31. The van der Waals surface area contributed by atoms with Crippen LogP contribution in [0.1, 0.15) is 24.3 Å². The van der Waals surface area contributed by atoms with Crippen LogP contribution in [0.5, 0.6) is 0 Å². The second-order valence-electron chi connectivity index (χ2n) is 7.68. The molecule has 1 unspecified atom stereocenters. The lowest BCUT2D eigenvalue weighted by Crippen LogP contribution is -2.47. The minimum Gasteiger partial charge on any atom is -0.394 e. The molecule has 3 aromatic rings. The third-order valence-electron chi connectivity index (χ3n) is 5.31. The number of nitrogens with zero attached hydrogens (tertiary/aromatic N) is 5. The van der Waals surface area contributed by atoms with Gasteiger partial charge in [-0.25, -0.2) is 9.97 Å². The topological polar surface area (TPSA) is 100 Å². The van der Waals surface area contributed by atoms with Crippen molar-refractivity contribution >= 4 is 12.0 Å². The first-order valence-electron chi connectivity index (χ1n) is 10.5. The van der Waals surface area contributed by atoms with Gasteiger partial charge in [-0.15, -0.1) is 0 Å². The molecule has 0 saturated carbocycles. The van der Waals surface area contributed by atoms with Crippen LogP contribution in [0.15, 0.2) is 53.3 Å². The summed E-state index contributed by atoms with van der Waals surface area (Å²) < 4.78 is 42.1. The fourth-order valence-electron chi connectivity index (χ4n) is 3.57. The maximum absolute atomic E-state index is 12.6. The van der Waals surface area contributed by atoms with Crippen molar-refractivity contribution in [2.45, 2.75) is 31.1 Å². The van der Waals surface area contributed by atoms with Crippen molar-refractivity contribution in [3.8, 4) is 11.4 Å². The maximum atomic E-state index is 12.6. The number of aliphatic hydroxyl groups is 1. The highest BCUT2D eigenvalue weighted by Crippen LogP contribution is 2.29. The Bertz CT molecular complexity index is 1050. The molecule has 3 heterocycles. The molecule has 1 aromatic carbocycles. The summed E-state index contributed by atoms with van der Waals surface area (Å²) in [6.45, 7) is 1.41. The summed E-state index contributed by atoms with van der Waals surface area (Å²) in [6.07, 6.45) is 3.69. The summed E-state index contributed by atoms with van der Waals surface area (Å²) >= 11 is 0. The Morgan fingerprint density at radius 3 is 2.45 bits per heavy atom. The molecule has 33 heavy (non-hydrogen) atoms. The van der Waals surface area contributed by atoms with E-state index in [1.807, 2.05) is 47.4 Å². The van der Waals surface area contributed by atoms with Gasteiger partial charge in [-0.3, -0.25) is 0 Å². The van der Waals surface area contributed by atoms with Gasteiger partial charge in [-0.2, -0.15) is 18.2 Å². The lowest BCUT2D eigenvalue weighted by molar-refractivity contribution is -0.159. The number of aliphatic hydroxyl groups excluding tert-OH is 1. The van der Waals surface area contributed by atoms with E-state index >= 15 is 0 Å². The van der Waals surface area contributed by atoms with Crippen LogP contribution in [0.2, 0.25) is 0 Å². The molecule has 174 valence electrons. The van der Waals surface area contributed by atoms with Gasteiger partial charge in [-0.05, 0) is 18.4 Å². The molecule has 11 heteroatoms. The Kier molecular flexibility index (Phi) is 6.99. The van der Waals surface area contributed by atoms with Gasteiger partial charge < -0.3 is 19.8 Å². The SMILES string of the molecule is OCC(/C=C/c1ccccc1)NC1CCN(c2ncc(-c3noc(C(F)(F)F)n3)cn2)CC1. The standard InChI is InChI=1S/C22H23F3N6O2/c23-22(24,25)20-29-19(30-33-20)16-12-26-21(27-13-16)31-10-8-17(9-11-31)28-18(14-32)7-6-15-4-2-1-3-5-15/h1-7,12-13,17-18,28,32H,8-11,14H2/b7-6+. The van der Waals surface area contributed by atoms with E-state index in [-0.39, 0.29) is 30.1 Å². The van der Waals surface area contributed by atoms with E-state index in [2.05, 4.69) is 29.9 Å². The van der Waals surface area contributed by atoms with Gasteiger partial charge in [0, 0.05) is 37.6 Å². The molecule has 1 atom stereocenters. The zero-order valence-corrected chi connectivity index (χ0v) is 17.6. The number of piperidine rings is 1. The Balaban J connectivity index is 1.30. The summed E-state index contributed by atoms with van der Waals surface area (Å²) in [5.41, 5.74) is 1.31. The van der Waals surface area contributed by atoms with Crippen molar-refractivity contribution in [3.05, 3.63) is 60.3 Å². The number of benzene rings is 1. The van der Waals surface area contributed by atoms with Crippen LogP contribution in [0.3, 0.4) is 0 Å². The summed E-state index contributed by atoms with van der Waals surface area (Å²) in [4.78, 5) is 13.9. The molecule has 2 aromatic heterocycles. The molecule has 0 bridgehead atoms. The zero-order valence-electron chi connectivity index (χ0n) is 17.6. The minimum absolute atomic E-state index is 0.000255. The fourth-order valence-corrected chi connectivity index (χ4v) is 3.57. The average molecular weight is 460 g/mol. The Morgan fingerprint density at radius 2 is 1.85 bits per heavy atom. The smallest absolute Gasteiger partial charge is 0.394 e. The van der Waals surface area contributed by atoms with Crippen LogP contribution in [0.25, 0.3) is 17.5 Å². The predicted molar refractivity (Wildman–Crippen MR) is 115 cm³/mol. The molecule has 0 aliphatic carbocycles. The molecule has 1 aliphatic heterocycles. The second-order valence-corrected chi connectivity index (χ2v) is 7.68. The highest BCUT2D eigenvalue weighted by atomic mass is 19.4. The summed E-state index contributed by atoms with van der Waals surface area (Å²) in [7, 11) is 0. The monoisotopic (exact) mass is 460 g/mol. The van der Waals surface area contributed by atoms with Crippen molar-refractivity contribution in [1.82, 2.24) is 25.4 Å². The number of hydrogen-bond acceptors (Lipinski definition) is 8. The van der Waals surface area contributed by atoms with Crippen molar-refractivity contribution in [1.29, 1.82) is 0 Å². The largest absolute Gasteiger partial charge is 0.471 e. The zero-order chi connectivity index (χ0) is 23.3. The molecule has 4 rings (SSSR count). The van der Waals surface area contributed by atoms with Crippen LogP contribution in [-0.2, 0) is 6.18 Å². The van der Waals surface area contributed by atoms with E-state index in [4.69, 9.17) is 0 Å². The van der Waals surface area contributed by atoms with Crippen LogP contribution < -0.4 is 10.2 Å². The Labute approximate surface area is 188 Å². The van der Waals surface area contributed by atoms with Gasteiger partial charge in [0.1, 0.15) is 0 Å². The van der Waals surface area contributed by atoms with Gasteiger partial charge in [-0.1, -0.05) is 47.6 Å². The van der Waals surface area contributed by atoms with E-state index in [0.717, 1.165) is 18.4 Å². The molecule has 0 spiro atoms. The minimum atomic E-state index is -4.70. The molecular formula is C22H23F3N6O2. The Morgan fingerprint density at radius 1 is 1.15 bits per heavy atom. The summed E-state index contributed by atoms with van der Waals surface area (Å²) in [5.74, 6) is -1.13. The third kappa shape index (κ3) is 5.93. The first-order chi connectivity index (χ1) is 15.9. The quantitative estimate of drug-likeness (QED) is 0.555. The van der Waals surface area contributed by atoms with Gasteiger partial charge in [0.05, 0.1) is 12.2 Å². The molecule has 2 N–H and O–H groups in total. The highest BCUT2D eigenvalue weighted by molar-refractivity contribution is 5.52. The first kappa shape index (κ1) is 22.9. The highest BCUT2D eigenvalue weighted by Gasteiger charge is 2.38. The summed E-state index contributed by atoms with van der Waals surface area (Å²) in [5, 5.41) is 16.5. The van der Waals surface area contributed by atoms with E-state index in [0.29, 0.717) is 19.0 Å². The van der Waals surface area contributed by atoms with Crippen LogP contribution in [0.4, 0.5) is 19.1 Å². The van der Waals surface area contributed by atoms with Gasteiger partial charge in [0.2, 0.25) is 11.8 Å². The first-order valence-corrected chi connectivity index (χ1v) is 10.5. The molecular weight excluding hydrogens is 437 g/mol. The van der Waals surface area contributed by atoms with Crippen molar-refractivity contribution in [2.24, 2.45) is 0 Å². The third-order valence-corrected chi connectivity index (χ3v) is 5.31. The predicted octanol–water partition coefficient (Wildman–Crippen LogP) is 3.18. The molecule has 1 fully saturated rings. The average Bonchev–Trinajstić information content (AvgIpc) is 3.34. The molecule has 8 nitrogen and oxygen atoms in total. The second kappa shape index (κ2) is 10.1. The van der Waals surface area contributed by atoms with E-state index in [1.165, 1.54) is 12.4 Å². The van der Waals surface area contributed by atoms with Crippen molar-refractivity contribution in [2.75, 3.05) is 24.6 Å². The maximum Gasteiger partial charge on any atom is 0.471 e. The number of hydrogen-bond donors (Lipinski definition) is 2. The van der Waals surface area contributed by atoms with Gasteiger partial charge in [0.15, 0.2) is 0 Å². The van der Waals surface area contributed by atoms with E-state index in [1.54, 1.807) is 0 Å². The van der Waals surface area contributed by atoms with Crippen LogP contribution in [-0.4, -0.2) is 57.0 Å². The normalized spacial score (nSPS) is 16.4. The molecule has 1 aliphatic rings. The molecule has 0 radical (unpaired) electrons. The summed E-state index contributed by atoms with van der Waals surface area (Å²) in [6, 6.07) is 9.98. The lowest BCUT2D eigenvalue weighted by Gasteiger charge is -2.33. The number of aromatic nitrogens is 4. The number of anilines is 1. The molecule has 0 amide bonds. The number of alkyl halides is 3. The van der Waals surface area contributed by atoms with E-state index < -0.39 is 12.1 Å². The number of nitrogens with one attached hydrogen (secondary N) is 1. The van der Waals surface area contributed by atoms with E-state index in [9.17, 15) is 18.3 Å². The molecule has 1 saturated heterocycles. The van der Waals surface area contributed by atoms with Gasteiger partial charge >= 0.3 is 12.1 Å². The number of rotatable bonds is 7.